The van der Waals surface area contributed by atoms with Crippen molar-refractivity contribution < 1.29 is 4.79 Å². The molecule has 2 aliphatic rings. The molecule has 0 atom stereocenters. The third-order valence-corrected chi connectivity index (χ3v) is 4.96. The van der Waals surface area contributed by atoms with Crippen LogP contribution in [0, 0.1) is 6.92 Å². The molecule has 0 aromatic heterocycles. The lowest BCUT2D eigenvalue weighted by Gasteiger charge is -2.19. The van der Waals surface area contributed by atoms with Crippen molar-refractivity contribution >= 4 is 5.91 Å². The molecule has 1 saturated heterocycles. The maximum atomic E-state index is 12.2. The first-order valence-electron chi connectivity index (χ1n) is 8.74. The molecule has 1 aromatic rings. The largest absolute Gasteiger partial charge is 0.350 e. The van der Waals surface area contributed by atoms with Crippen LogP contribution in [0.2, 0.25) is 0 Å². The Hall–Kier alpha value is -1.35. The van der Waals surface area contributed by atoms with Crippen LogP contribution in [0.15, 0.2) is 24.3 Å². The van der Waals surface area contributed by atoms with E-state index in [2.05, 4.69) is 41.4 Å². The van der Waals surface area contributed by atoms with Crippen molar-refractivity contribution in [2.75, 3.05) is 19.6 Å². The highest BCUT2D eigenvalue weighted by atomic mass is 16.1. The Morgan fingerprint density at radius 1 is 1.27 bits per heavy atom. The van der Waals surface area contributed by atoms with Crippen LogP contribution in [-0.2, 0) is 11.2 Å². The van der Waals surface area contributed by atoms with Crippen LogP contribution in [-0.4, -0.2) is 36.0 Å². The highest BCUT2D eigenvalue weighted by molar-refractivity contribution is 5.77. The number of aryl methyl sites for hydroxylation is 1. The first kappa shape index (κ1) is 15.5. The molecular weight excluding hydrogens is 272 g/mol. The third kappa shape index (κ3) is 4.33. The second-order valence-corrected chi connectivity index (χ2v) is 7.15. The summed E-state index contributed by atoms with van der Waals surface area (Å²) >= 11 is 0. The van der Waals surface area contributed by atoms with E-state index >= 15 is 0 Å². The van der Waals surface area contributed by atoms with Crippen molar-refractivity contribution in [2.45, 2.75) is 57.4 Å². The molecule has 3 nitrogen and oxygen atoms in total. The number of nitrogens with zero attached hydrogens (tertiary/aromatic N) is 1. The molecule has 120 valence electrons. The fourth-order valence-electron chi connectivity index (χ4n) is 3.54. The van der Waals surface area contributed by atoms with Crippen LogP contribution in [0.3, 0.4) is 0 Å². The smallest absolute Gasteiger partial charge is 0.220 e. The van der Waals surface area contributed by atoms with Crippen molar-refractivity contribution in [1.29, 1.82) is 0 Å². The molecule has 3 rings (SSSR count). The maximum absolute atomic E-state index is 12.2. The van der Waals surface area contributed by atoms with Gasteiger partial charge in [0, 0.05) is 12.0 Å². The summed E-state index contributed by atoms with van der Waals surface area (Å²) < 4.78 is 0. The highest BCUT2D eigenvalue weighted by Crippen LogP contribution is 2.38. The van der Waals surface area contributed by atoms with Crippen LogP contribution in [0.1, 0.15) is 49.7 Å². The summed E-state index contributed by atoms with van der Waals surface area (Å²) in [4.78, 5) is 14.7. The summed E-state index contributed by atoms with van der Waals surface area (Å²) in [5, 5.41) is 3.30. The van der Waals surface area contributed by atoms with E-state index in [4.69, 9.17) is 0 Å². The van der Waals surface area contributed by atoms with Crippen LogP contribution in [0.25, 0.3) is 0 Å². The lowest BCUT2D eigenvalue weighted by Crippen LogP contribution is -2.38. The molecule has 0 unspecified atom stereocenters. The zero-order valence-corrected chi connectivity index (χ0v) is 13.7. The lowest BCUT2D eigenvalue weighted by atomic mass is 10.0. The standard InChI is InChI=1S/C19H28N2O/c1-16-6-4-7-17(14-16)15-19(9-10-19)20-18(22)8-5-13-21-11-2-3-12-21/h4,6-7,14H,2-3,5,8-13,15H2,1H3,(H,20,22). The predicted molar refractivity (Wildman–Crippen MR) is 89.9 cm³/mol. The minimum atomic E-state index is 0.0541. The molecule has 1 saturated carbocycles. The Morgan fingerprint density at radius 2 is 2.05 bits per heavy atom. The van der Waals surface area contributed by atoms with E-state index in [1.807, 2.05) is 0 Å². The Kier molecular flexibility index (Phi) is 4.82. The Bertz CT molecular complexity index is 516. The van der Waals surface area contributed by atoms with E-state index in [0.29, 0.717) is 6.42 Å². The molecule has 1 aliphatic heterocycles. The minimum absolute atomic E-state index is 0.0541. The van der Waals surface area contributed by atoms with Gasteiger partial charge in [-0.1, -0.05) is 29.8 Å². The van der Waals surface area contributed by atoms with Gasteiger partial charge < -0.3 is 10.2 Å². The van der Waals surface area contributed by atoms with Crippen LogP contribution in [0.5, 0.6) is 0 Å². The molecule has 0 spiro atoms. The van der Waals surface area contributed by atoms with E-state index in [0.717, 1.165) is 32.2 Å². The number of carbonyl (C=O) groups is 1. The van der Waals surface area contributed by atoms with Gasteiger partial charge in [-0.2, -0.15) is 0 Å². The number of rotatable bonds is 7. The molecule has 2 fully saturated rings. The number of hydrogen-bond donors (Lipinski definition) is 1. The van der Waals surface area contributed by atoms with Gasteiger partial charge in [0.2, 0.25) is 5.91 Å². The van der Waals surface area contributed by atoms with Gasteiger partial charge in [-0.05, 0) is 70.6 Å². The van der Waals surface area contributed by atoms with E-state index in [9.17, 15) is 4.79 Å². The van der Waals surface area contributed by atoms with Crippen molar-refractivity contribution in [2.24, 2.45) is 0 Å². The van der Waals surface area contributed by atoms with Crippen molar-refractivity contribution in [3.8, 4) is 0 Å². The molecule has 1 aliphatic carbocycles. The first-order chi connectivity index (χ1) is 10.7. The van der Waals surface area contributed by atoms with Crippen LogP contribution < -0.4 is 5.32 Å². The van der Waals surface area contributed by atoms with Crippen LogP contribution in [0.4, 0.5) is 0 Å². The topological polar surface area (TPSA) is 32.3 Å². The van der Waals surface area contributed by atoms with Gasteiger partial charge in [0.25, 0.3) is 0 Å². The summed E-state index contributed by atoms with van der Waals surface area (Å²) in [5.41, 5.74) is 2.69. The number of hydrogen-bond acceptors (Lipinski definition) is 2. The Balaban J connectivity index is 1.42. The number of benzene rings is 1. The van der Waals surface area contributed by atoms with Gasteiger partial charge in [0.1, 0.15) is 0 Å². The molecule has 1 amide bonds. The molecule has 22 heavy (non-hydrogen) atoms. The summed E-state index contributed by atoms with van der Waals surface area (Å²) in [6.45, 7) is 5.65. The highest BCUT2D eigenvalue weighted by Gasteiger charge is 2.43. The van der Waals surface area contributed by atoms with Crippen molar-refractivity contribution in [1.82, 2.24) is 10.2 Å². The second-order valence-electron chi connectivity index (χ2n) is 7.15. The lowest BCUT2D eigenvalue weighted by molar-refractivity contribution is -0.122. The fourth-order valence-corrected chi connectivity index (χ4v) is 3.54. The van der Waals surface area contributed by atoms with E-state index < -0.39 is 0 Å². The van der Waals surface area contributed by atoms with E-state index in [1.54, 1.807) is 0 Å². The normalized spacial score (nSPS) is 20.0. The van der Waals surface area contributed by atoms with E-state index in [1.165, 1.54) is 37.1 Å². The molecular formula is C19H28N2O. The Labute approximate surface area is 134 Å². The summed E-state index contributed by atoms with van der Waals surface area (Å²) in [5.74, 6) is 0.240. The average molecular weight is 300 g/mol. The summed E-state index contributed by atoms with van der Waals surface area (Å²) in [6.07, 6.45) is 7.54. The minimum Gasteiger partial charge on any atom is -0.350 e. The van der Waals surface area contributed by atoms with E-state index in [-0.39, 0.29) is 11.4 Å². The maximum Gasteiger partial charge on any atom is 0.220 e. The van der Waals surface area contributed by atoms with Crippen LogP contribution >= 0.6 is 0 Å². The number of likely N-dealkylation sites (tertiary alicyclic amines) is 1. The van der Waals surface area contributed by atoms with Gasteiger partial charge in [-0.15, -0.1) is 0 Å². The molecule has 1 heterocycles. The van der Waals surface area contributed by atoms with Crippen molar-refractivity contribution in [3.63, 3.8) is 0 Å². The average Bonchev–Trinajstić information content (AvgIpc) is 3.00. The molecule has 3 heteroatoms. The van der Waals surface area contributed by atoms with Gasteiger partial charge in [0.05, 0.1) is 0 Å². The third-order valence-electron chi connectivity index (χ3n) is 4.96. The fraction of sp³-hybridized carbons (Fsp3) is 0.632. The second kappa shape index (κ2) is 6.82. The van der Waals surface area contributed by atoms with Gasteiger partial charge in [-0.25, -0.2) is 0 Å². The molecule has 1 N–H and O–H groups in total. The van der Waals surface area contributed by atoms with Gasteiger partial charge in [0.15, 0.2) is 0 Å². The predicted octanol–water partition coefficient (Wildman–Crippen LogP) is 3.06. The quantitative estimate of drug-likeness (QED) is 0.839. The van der Waals surface area contributed by atoms with Gasteiger partial charge >= 0.3 is 0 Å². The molecule has 0 radical (unpaired) electrons. The molecule has 1 aromatic carbocycles. The number of carbonyl (C=O) groups excluding carboxylic acids is 1. The molecule has 0 bridgehead atoms. The SMILES string of the molecule is Cc1cccc(CC2(NC(=O)CCCN3CCCC3)CC2)c1. The number of amides is 1. The zero-order valence-electron chi connectivity index (χ0n) is 13.7. The van der Waals surface area contributed by atoms with Crippen molar-refractivity contribution in [3.05, 3.63) is 35.4 Å². The summed E-state index contributed by atoms with van der Waals surface area (Å²) in [6, 6.07) is 8.64. The summed E-state index contributed by atoms with van der Waals surface area (Å²) in [7, 11) is 0. The van der Waals surface area contributed by atoms with Gasteiger partial charge in [-0.3, -0.25) is 4.79 Å². The first-order valence-corrected chi connectivity index (χ1v) is 8.74. The number of nitrogens with one attached hydrogen (secondary N) is 1. The monoisotopic (exact) mass is 300 g/mol. The Morgan fingerprint density at radius 3 is 2.73 bits per heavy atom. The zero-order chi connectivity index (χ0) is 15.4.